The second-order valence-corrected chi connectivity index (χ2v) is 10.6. The quantitative estimate of drug-likeness (QED) is 0.234. The zero-order chi connectivity index (χ0) is 28.3. The van der Waals surface area contributed by atoms with E-state index in [9.17, 15) is 32.8 Å². The Morgan fingerprint density at radius 1 is 1.26 bits per heavy atom. The minimum Gasteiger partial charge on any atom is -0.462 e. The molecule has 210 valence electrons. The third kappa shape index (κ3) is 6.62. The lowest BCUT2D eigenvalue weighted by atomic mass is 9.97. The number of halogens is 3. The summed E-state index contributed by atoms with van der Waals surface area (Å²) in [5.41, 5.74) is -3.10. The Bertz CT molecular complexity index is 1110. The third-order valence-electron chi connectivity index (χ3n) is 5.58. The lowest BCUT2D eigenvalue weighted by Gasteiger charge is -2.33. The van der Waals surface area contributed by atoms with Crippen molar-refractivity contribution in [3.63, 3.8) is 0 Å². The number of para-hydroxylation sites is 1. The summed E-state index contributed by atoms with van der Waals surface area (Å²) in [6.45, 7) is 3.04. The van der Waals surface area contributed by atoms with Crippen molar-refractivity contribution in [1.29, 1.82) is 0 Å². The molecule has 1 fully saturated rings. The third-order valence-corrected chi connectivity index (χ3v) is 7.20. The first-order chi connectivity index (χ1) is 17.8. The summed E-state index contributed by atoms with van der Waals surface area (Å²) in [5, 5.41) is 12.7. The number of hydrogen-bond donors (Lipinski definition) is 2. The van der Waals surface area contributed by atoms with Crippen LogP contribution in [-0.4, -0.2) is 76.9 Å². The Balaban J connectivity index is 1.87. The maximum Gasteiger partial charge on any atom is 0.459 e. The molecule has 0 aromatic heterocycles. The standard InChI is InChI=1S/C23H28F3N2O9P/c1-13(2)35-21(32)14(3)27-38(33,37-16-7-5-4-6-8-16)34-12-23(22(25)26)19(31)18(24)20(36-23)28-10-9-15(29)11-17(28)30/h4-10,13-14,18-20,22,31H,11-12H2,1-3H3,(H,27,33)/t14-,18+,19-,20+,23+,38?/m0/s1. The van der Waals surface area contributed by atoms with E-state index in [1.54, 1.807) is 19.9 Å². The van der Waals surface area contributed by atoms with Crippen molar-refractivity contribution in [3.05, 3.63) is 42.6 Å². The fourth-order valence-electron chi connectivity index (χ4n) is 3.65. The molecule has 0 aliphatic carbocycles. The molecule has 1 unspecified atom stereocenters. The van der Waals surface area contributed by atoms with Gasteiger partial charge in [-0.25, -0.2) is 17.7 Å². The van der Waals surface area contributed by atoms with E-state index in [0.29, 0.717) is 4.90 Å². The van der Waals surface area contributed by atoms with E-state index in [1.165, 1.54) is 31.2 Å². The maximum atomic E-state index is 15.0. The molecule has 11 nitrogen and oxygen atoms in total. The van der Waals surface area contributed by atoms with Crippen LogP contribution in [0.4, 0.5) is 13.2 Å². The number of ether oxygens (including phenoxy) is 2. The minimum atomic E-state index is -4.68. The highest BCUT2D eigenvalue weighted by Crippen LogP contribution is 2.48. The highest BCUT2D eigenvalue weighted by atomic mass is 31.2. The zero-order valence-electron chi connectivity index (χ0n) is 20.7. The van der Waals surface area contributed by atoms with Gasteiger partial charge >= 0.3 is 13.7 Å². The van der Waals surface area contributed by atoms with Crippen LogP contribution in [0.15, 0.2) is 42.6 Å². The van der Waals surface area contributed by atoms with Crippen LogP contribution in [0.25, 0.3) is 0 Å². The molecule has 38 heavy (non-hydrogen) atoms. The molecule has 2 N–H and O–H groups in total. The van der Waals surface area contributed by atoms with E-state index in [-0.39, 0.29) is 5.75 Å². The van der Waals surface area contributed by atoms with Crippen LogP contribution in [0.1, 0.15) is 27.2 Å². The van der Waals surface area contributed by atoms with Gasteiger partial charge in [0, 0.05) is 6.20 Å². The molecule has 1 saturated heterocycles. The smallest absolute Gasteiger partial charge is 0.459 e. The normalized spacial score (nSPS) is 28.0. The lowest BCUT2D eigenvalue weighted by Crippen LogP contribution is -2.52. The van der Waals surface area contributed by atoms with Crippen LogP contribution in [-0.2, 0) is 32.9 Å². The van der Waals surface area contributed by atoms with E-state index in [2.05, 4.69) is 5.09 Å². The molecular formula is C23H28F3N2O9P. The van der Waals surface area contributed by atoms with Crippen molar-refractivity contribution < 1.29 is 55.7 Å². The summed E-state index contributed by atoms with van der Waals surface area (Å²) in [6.07, 6.45) is -10.1. The molecule has 2 heterocycles. The highest BCUT2D eigenvalue weighted by Gasteiger charge is 2.63. The van der Waals surface area contributed by atoms with Gasteiger partial charge in [-0.2, -0.15) is 5.09 Å². The van der Waals surface area contributed by atoms with Crippen LogP contribution in [0.2, 0.25) is 0 Å². The van der Waals surface area contributed by atoms with Gasteiger partial charge in [0.25, 0.3) is 6.43 Å². The number of benzene rings is 1. The van der Waals surface area contributed by atoms with Gasteiger partial charge in [0.05, 0.1) is 19.1 Å². The van der Waals surface area contributed by atoms with E-state index >= 15 is 4.39 Å². The molecule has 0 saturated carbocycles. The van der Waals surface area contributed by atoms with Crippen molar-refractivity contribution in [3.8, 4) is 5.75 Å². The van der Waals surface area contributed by atoms with Crippen LogP contribution >= 0.6 is 7.75 Å². The number of rotatable bonds is 11. The number of ketones is 1. The Labute approximate surface area is 216 Å². The largest absolute Gasteiger partial charge is 0.462 e. The number of carbonyl (C=O) groups is 3. The number of aliphatic hydroxyl groups excluding tert-OH is 1. The Morgan fingerprint density at radius 2 is 1.92 bits per heavy atom. The van der Waals surface area contributed by atoms with E-state index < -0.39 is 81.1 Å². The lowest BCUT2D eigenvalue weighted by molar-refractivity contribution is -0.199. The second kappa shape index (κ2) is 12.0. The van der Waals surface area contributed by atoms with Gasteiger partial charge < -0.3 is 19.1 Å². The topological polar surface area (TPSA) is 141 Å². The molecule has 6 atom stereocenters. The molecule has 15 heteroatoms. The number of nitrogens with one attached hydrogen (secondary N) is 1. The number of alkyl halides is 3. The minimum absolute atomic E-state index is 0.0262. The molecule has 1 aromatic rings. The molecule has 0 bridgehead atoms. The summed E-state index contributed by atoms with van der Waals surface area (Å²) in [6, 6.07) is 6.11. The number of nitrogens with zero attached hydrogens (tertiary/aromatic N) is 1. The molecule has 1 aromatic carbocycles. The zero-order valence-corrected chi connectivity index (χ0v) is 21.6. The van der Waals surface area contributed by atoms with Gasteiger partial charge in [0.15, 0.2) is 23.8 Å². The summed E-state index contributed by atoms with van der Waals surface area (Å²) in [4.78, 5) is 36.5. The predicted molar refractivity (Wildman–Crippen MR) is 125 cm³/mol. The monoisotopic (exact) mass is 564 g/mol. The van der Waals surface area contributed by atoms with E-state index in [4.69, 9.17) is 18.5 Å². The summed E-state index contributed by atoms with van der Waals surface area (Å²) < 4.78 is 78.1. The van der Waals surface area contributed by atoms with Crippen molar-refractivity contribution in [1.82, 2.24) is 9.99 Å². The molecule has 1 amide bonds. The Kier molecular flexibility index (Phi) is 9.37. The van der Waals surface area contributed by atoms with Gasteiger partial charge in [-0.05, 0) is 39.0 Å². The van der Waals surface area contributed by atoms with Gasteiger partial charge in [0.2, 0.25) is 5.91 Å². The first kappa shape index (κ1) is 29.8. The maximum absolute atomic E-state index is 15.0. The van der Waals surface area contributed by atoms with Gasteiger partial charge in [0.1, 0.15) is 17.9 Å². The number of aliphatic hydroxyl groups is 1. The highest BCUT2D eigenvalue weighted by molar-refractivity contribution is 7.52. The van der Waals surface area contributed by atoms with Gasteiger partial charge in [-0.15, -0.1) is 0 Å². The van der Waals surface area contributed by atoms with Crippen molar-refractivity contribution >= 4 is 25.4 Å². The van der Waals surface area contributed by atoms with Crippen LogP contribution < -0.4 is 9.61 Å². The number of hydrogen-bond acceptors (Lipinski definition) is 9. The average Bonchev–Trinajstić information content (AvgIpc) is 3.09. The molecule has 0 radical (unpaired) electrons. The first-order valence-electron chi connectivity index (χ1n) is 11.6. The molecule has 3 rings (SSSR count). The number of esters is 1. The van der Waals surface area contributed by atoms with Crippen molar-refractivity contribution in [2.75, 3.05) is 6.61 Å². The molecule has 2 aliphatic heterocycles. The number of carbonyl (C=O) groups excluding carboxylic acids is 3. The Morgan fingerprint density at radius 3 is 2.50 bits per heavy atom. The summed E-state index contributed by atoms with van der Waals surface area (Å²) in [7, 11) is -4.68. The number of allylic oxidation sites excluding steroid dienone is 1. The van der Waals surface area contributed by atoms with Crippen LogP contribution in [0.5, 0.6) is 5.75 Å². The Hall–Kier alpha value is -2.77. The molecule has 0 spiro atoms. The van der Waals surface area contributed by atoms with Gasteiger partial charge in [-0.3, -0.25) is 23.8 Å². The van der Waals surface area contributed by atoms with Crippen LogP contribution in [0.3, 0.4) is 0 Å². The second-order valence-electron chi connectivity index (χ2n) is 8.92. The first-order valence-corrected chi connectivity index (χ1v) is 13.1. The van der Waals surface area contributed by atoms with Crippen molar-refractivity contribution in [2.24, 2.45) is 0 Å². The summed E-state index contributed by atoms with van der Waals surface area (Å²) >= 11 is 0. The van der Waals surface area contributed by atoms with E-state index in [1.807, 2.05) is 0 Å². The molecular weight excluding hydrogens is 536 g/mol. The van der Waals surface area contributed by atoms with Crippen molar-refractivity contribution in [2.45, 2.75) is 69.9 Å². The van der Waals surface area contributed by atoms with E-state index in [0.717, 1.165) is 12.3 Å². The SMILES string of the molecule is CC(C)OC(=O)[C@H](C)NP(=O)(OC[C@@]1(C(F)F)O[C@@H](N2C=CC(=O)CC2=O)[C@H](F)[C@@H]1O)Oc1ccccc1. The fraction of sp³-hybridized carbons (Fsp3) is 0.522. The average molecular weight is 564 g/mol. The number of amides is 1. The fourth-order valence-corrected chi connectivity index (χ4v) is 5.18. The summed E-state index contributed by atoms with van der Waals surface area (Å²) in [5.74, 6) is -2.39. The predicted octanol–water partition coefficient (Wildman–Crippen LogP) is 2.49. The van der Waals surface area contributed by atoms with Crippen LogP contribution in [0, 0.1) is 0 Å². The molecule has 2 aliphatic rings. The van der Waals surface area contributed by atoms with Gasteiger partial charge in [-0.1, -0.05) is 18.2 Å².